The predicted molar refractivity (Wildman–Crippen MR) is 63.7 cm³/mol. The van der Waals surface area contributed by atoms with Crippen molar-refractivity contribution in [3.05, 3.63) is 24.8 Å². The minimum Gasteiger partial charge on any atom is -0.462 e. The molecule has 2 heteroatoms. The molecule has 0 rings (SSSR count). The number of esters is 1. The minimum absolute atomic E-state index is 0.276. The van der Waals surface area contributed by atoms with Gasteiger partial charge in [-0.1, -0.05) is 31.9 Å². The summed E-state index contributed by atoms with van der Waals surface area (Å²) in [6.45, 7) is 9.38. The summed E-state index contributed by atoms with van der Waals surface area (Å²) in [4.78, 5) is 11.0. The van der Waals surface area contributed by atoms with Crippen LogP contribution in [0.2, 0.25) is 0 Å². The highest BCUT2D eigenvalue weighted by Gasteiger charge is 2.01. The van der Waals surface area contributed by atoms with Crippen molar-refractivity contribution in [3.8, 4) is 0 Å². The summed E-state index contributed by atoms with van der Waals surface area (Å²) in [5.74, 6) is -0.276. The number of ether oxygens (including phenoxy) is 1. The normalized spacial score (nSPS) is 9.67. The Kier molecular flexibility index (Phi) is 8.84. The fraction of sp³-hybridized carbons (Fsp3) is 0.615. The van der Waals surface area contributed by atoms with Gasteiger partial charge in [0.15, 0.2) is 0 Å². The van der Waals surface area contributed by atoms with Gasteiger partial charge in [-0.2, -0.15) is 0 Å². The molecule has 0 aliphatic rings. The molecule has 0 aliphatic carbocycles. The molecule has 0 heterocycles. The highest BCUT2D eigenvalue weighted by molar-refractivity contribution is 5.86. The van der Waals surface area contributed by atoms with E-state index in [1.165, 1.54) is 19.3 Å². The lowest BCUT2D eigenvalue weighted by molar-refractivity contribution is -0.139. The Hall–Kier alpha value is -1.05. The van der Waals surface area contributed by atoms with E-state index in [4.69, 9.17) is 4.74 Å². The Morgan fingerprint density at radius 2 is 1.80 bits per heavy atom. The second kappa shape index (κ2) is 9.50. The first-order chi connectivity index (χ1) is 7.18. The van der Waals surface area contributed by atoms with Crippen molar-refractivity contribution in [2.75, 3.05) is 6.61 Å². The molecule has 0 atom stereocenters. The van der Waals surface area contributed by atoms with Crippen LogP contribution in [0.15, 0.2) is 24.8 Å². The number of hydrogen-bond acceptors (Lipinski definition) is 2. The van der Waals surface area contributed by atoms with Gasteiger partial charge in [0, 0.05) is 5.57 Å². The first-order valence-electron chi connectivity index (χ1n) is 5.62. The summed E-state index contributed by atoms with van der Waals surface area (Å²) < 4.78 is 4.98. The van der Waals surface area contributed by atoms with Crippen molar-refractivity contribution in [3.63, 3.8) is 0 Å². The van der Waals surface area contributed by atoms with Crippen LogP contribution < -0.4 is 0 Å². The van der Waals surface area contributed by atoms with Crippen molar-refractivity contribution in [1.82, 2.24) is 0 Å². The van der Waals surface area contributed by atoms with Crippen molar-refractivity contribution in [1.29, 1.82) is 0 Å². The lowest BCUT2D eigenvalue weighted by Gasteiger charge is -2.03. The lowest BCUT2D eigenvalue weighted by Crippen LogP contribution is -2.05. The fourth-order valence-corrected chi connectivity index (χ4v) is 1.21. The average molecular weight is 210 g/mol. The van der Waals surface area contributed by atoms with Crippen LogP contribution in [0, 0.1) is 0 Å². The fourth-order valence-electron chi connectivity index (χ4n) is 1.21. The zero-order valence-corrected chi connectivity index (χ0v) is 9.76. The molecule has 86 valence electrons. The number of carbonyl (C=O) groups is 1. The van der Waals surface area contributed by atoms with E-state index in [2.05, 4.69) is 13.2 Å². The van der Waals surface area contributed by atoms with E-state index in [1.807, 2.05) is 6.08 Å². The Morgan fingerprint density at radius 3 is 2.40 bits per heavy atom. The zero-order chi connectivity index (χ0) is 11.5. The largest absolute Gasteiger partial charge is 0.462 e. The maximum absolute atomic E-state index is 11.0. The second-order valence-electron chi connectivity index (χ2n) is 3.76. The SMILES string of the molecule is C=CCCCCCCCOC(=O)C(=C)C. The van der Waals surface area contributed by atoms with E-state index >= 15 is 0 Å². The van der Waals surface area contributed by atoms with Gasteiger partial charge in [-0.15, -0.1) is 6.58 Å². The standard InChI is InChI=1S/C13H22O2/c1-4-5-6-7-8-9-10-11-15-13(14)12(2)3/h4H,1-2,5-11H2,3H3. The maximum Gasteiger partial charge on any atom is 0.333 e. The van der Waals surface area contributed by atoms with Crippen LogP contribution in [0.1, 0.15) is 45.4 Å². The van der Waals surface area contributed by atoms with Crippen LogP contribution in [0.5, 0.6) is 0 Å². The third-order valence-electron chi connectivity index (χ3n) is 2.13. The van der Waals surface area contributed by atoms with Gasteiger partial charge < -0.3 is 4.74 Å². The van der Waals surface area contributed by atoms with E-state index in [0.29, 0.717) is 12.2 Å². The molecule has 15 heavy (non-hydrogen) atoms. The van der Waals surface area contributed by atoms with Gasteiger partial charge in [-0.05, 0) is 26.2 Å². The van der Waals surface area contributed by atoms with E-state index in [0.717, 1.165) is 19.3 Å². The van der Waals surface area contributed by atoms with Gasteiger partial charge >= 0.3 is 5.97 Å². The monoisotopic (exact) mass is 210 g/mol. The van der Waals surface area contributed by atoms with Crippen LogP contribution in [-0.4, -0.2) is 12.6 Å². The average Bonchev–Trinajstić information content (AvgIpc) is 2.21. The van der Waals surface area contributed by atoms with Crippen molar-refractivity contribution in [2.45, 2.75) is 45.4 Å². The summed E-state index contributed by atoms with van der Waals surface area (Å²) in [6.07, 6.45) is 8.79. The van der Waals surface area contributed by atoms with Gasteiger partial charge in [0.25, 0.3) is 0 Å². The molecule has 0 spiro atoms. The van der Waals surface area contributed by atoms with Crippen molar-refractivity contribution in [2.24, 2.45) is 0 Å². The van der Waals surface area contributed by atoms with E-state index in [-0.39, 0.29) is 5.97 Å². The molecule has 0 aromatic heterocycles. The Labute approximate surface area is 93.0 Å². The Morgan fingerprint density at radius 1 is 1.20 bits per heavy atom. The molecule has 0 saturated carbocycles. The van der Waals surface area contributed by atoms with Crippen molar-refractivity contribution < 1.29 is 9.53 Å². The molecular weight excluding hydrogens is 188 g/mol. The number of unbranched alkanes of at least 4 members (excludes halogenated alkanes) is 5. The molecule has 0 aromatic carbocycles. The first-order valence-corrected chi connectivity index (χ1v) is 5.62. The smallest absolute Gasteiger partial charge is 0.333 e. The number of rotatable bonds is 9. The molecule has 0 aliphatic heterocycles. The van der Waals surface area contributed by atoms with E-state index in [9.17, 15) is 4.79 Å². The molecule has 0 fully saturated rings. The Bertz CT molecular complexity index is 207. The number of carbonyl (C=O) groups excluding carboxylic acids is 1. The quantitative estimate of drug-likeness (QED) is 0.251. The minimum atomic E-state index is -0.276. The van der Waals surface area contributed by atoms with Gasteiger partial charge in [-0.3, -0.25) is 0 Å². The van der Waals surface area contributed by atoms with Gasteiger partial charge in [0.1, 0.15) is 0 Å². The highest BCUT2D eigenvalue weighted by atomic mass is 16.5. The van der Waals surface area contributed by atoms with Crippen molar-refractivity contribution >= 4 is 5.97 Å². The van der Waals surface area contributed by atoms with E-state index < -0.39 is 0 Å². The van der Waals surface area contributed by atoms with E-state index in [1.54, 1.807) is 6.92 Å². The molecule has 0 saturated heterocycles. The highest BCUT2D eigenvalue weighted by Crippen LogP contribution is 2.06. The molecule has 2 nitrogen and oxygen atoms in total. The van der Waals surface area contributed by atoms with Gasteiger partial charge in [0.2, 0.25) is 0 Å². The predicted octanol–water partition coefficient (Wildman–Crippen LogP) is 3.63. The van der Waals surface area contributed by atoms with Crippen LogP contribution in [0.25, 0.3) is 0 Å². The van der Waals surface area contributed by atoms with Crippen LogP contribution >= 0.6 is 0 Å². The summed E-state index contributed by atoms with van der Waals surface area (Å²) in [5.41, 5.74) is 0.473. The Balaban J connectivity index is 3.14. The number of allylic oxidation sites excluding steroid dienone is 1. The van der Waals surface area contributed by atoms with Gasteiger partial charge in [-0.25, -0.2) is 4.79 Å². The molecule has 0 unspecified atom stereocenters. The molecule has 0 radical (unpaired) electrons. The molecule has 0 amide bonds. The topological polar surface area (TPSA) is 26.3 Å². The van der Waals surface area contributed by atoms with Gasteiger partial charge in [0.05, 0.1) is 6.61 Å². The zero-order valence-electron chi connectivity index (χ0n) is 9.76. The molecular formula is C13H22O2. The van der Waals surface area contributed by atoms with Crippen LogP contribution in [0.4, 0.5) is 0 Å². The van der Waals surface area contributed by atoms with Crippen LogP contribution in [0.3, 0.4) is 0 Å². The third kappa shape index (κ3) is 9.26. The summed E-state index contributed by atoms with van der Waals surface area (Å²) in [6, 6.07) is 0. The number of hydrogen-bond donors (Lipinski definition) is 0. The summed E-state index contributed by atoms with van der Waals surface area (Å²) in [7, 11) is 0. The molecule has 0 aromatic rings. The van der Waals surface area contributed by atoms with Crippen LogP contribution in [-0.2, 0) is 9.53 Å². The maximum atomic E-state index is 11.0. The third-order valence-corrected chi connectivity index (χ3v) is 2.13. The lowest BCUT2D eigenvalue weighted by atomic mass is 10.1. The summed E-state index contributed by atoms with van der Waals surface area (Å²) in [5, 5.41) is 0. The first kappa shape index (κ1) is 13.9. The molecule has 0 bridgehead atoms. The molecule has 0 N–H and O–H groups in total. The second-order valence-corrected chi connectivity index (χ2v) is 3.76. The summed E-state index contributed by atoms with van der Waals surface area (Å²) >= 11 is 0.